The molecular weight excluding hydrogens is 250 g/mol. The molecular formula is C12H19N3O2S. The van der Waals surface area contributed by atoms with Gasteiger partial charge < -0.3 is 15.2 Å². The van der Waals surface area contributed by atoms with Crippen LogP contribution in [0.2, 0.25) is 0 Å². The van der Waals surface area contributed by atoms with Crippen LogP contribution in [0.25, 0.3) is 0 Å². The fourth-order valence-electron chi connectivity index (χ4n) is 1.98. The van der Waals surface area contributed by atoms with Gasteiger partial charge in [0.2, 0.25) is 5.91 Å². The average molecular weight is 269 g/mol. The van der Waals surface area contributed by atoms with Crippen LogP contribution in [-0.4, -0.2) is 35.2 Å². The van der Waals surface area contributed by atoms with Gasteiger partial charge in [0.1, 0.15) is 11.4 Å². The molecule has 0 spiro atoms. The highest BCUT2D eigenvalue weighted by Gasteiger charge is 2.19. The maximum atomic E-state index is 12.0. The summed E-state index contributed by atoms with van der Waals surface area (Å²) in [5.74, 6) is 2.82. The summed E-state index contributed by atoms with van der Waals surface area (Å²) in [7, 11) is 0. The molecule has 1 aromatic rings. The smallest absolute Gasteiger partial charge is 0.226 e. The van der Waals surface area contributed by atoms with E-state index in [9.17, 15) is 4.79 Å². The maximum Gasteiger partial charge on any atom is 0.226 e. The molecule has 1 aliphatic rings. The van der Waals surface area contributed by atoms with E-state index in [4.69, 9.17) is 4.52 Å². The summed E-state index contributed by atoms with van der Waals surface area (Å²) in [6.07, 6.45) is 1.26. The molecule has 0 aromatic carbocycles. The van der Waals surface area contributed by atoms with E-state index >= 15 is 0 Å². The van der Waals surface area contributed by atoms with Crippen LogP contribution in [0, 0.1) is 6.92 Å². The van der Waals surface area contributed by atoms with Crippen molar-refractivity contribution in [2.75, 3.05) is 23.4 Å². The zero-order valence-corrected chi connectivity index (χ0v) is 11.6. The van der Waals surface area contributed by atoms with Gasteiger partial charge in [0, 0.05) is 30.5 Å². The third kappa shape index (κ3) is 3.26. The van der Waals surface area contributed by atoms with Crippen LogP contribution in [0.5, 0.6) is 0 Å². The standard InChI is InChI=1S/C12H19N3O2S/c1-3-10-12(8(2)17-15-10)14-11(16)6-9-7-18-5-4-13-9/h9,13H,3-7H2,1-2H3,(H,14,16)/t9-/m0/s1. The first kappa shape index (κ1) is 13.4. The summed E-state index contributed by atoms with van der Waals surface area (Å²) in [5, 5.41) is 10.2. The van der Waals surface area contributed by atoms with E-state index in [1.807, 2.05) is 25.6 Å². The minimum Gasteiger partial charge on any atom is -0.359 e. The number of nitrogens with one attached hydrogen (secondary N) is 2. The first-order valence-corrected chi connectivity index (χ1v) is 7.42. The van der Waals surface area contributed by atoms with Gasteiger partial charge in [-0.3, -0.25) is 4.79 Å². The quantitative estimate of drug-likeness (QED) is 0.868. The lowest BCUT2D eigenvalue weighted by molar-refractivity contribution is -0.116. The average Bonchev–Trinajstić information content (AvgIpc) is 2.72. The predicted molar refractivity (Wildman–Crippen MR) is 73.0 cm³/mol. The SMILES string of the molecule is CCc1noc(C)c1NC(=O)C[C@H]1CSCCN1. The first-order chi connectivity index (χ1) is 8.70. The van der Waals surface area contributed by atoms with E-state index in [1.54, 1.807) is 0 Å². The summed E-state index contributed by atoms with van der Waals surface area (Å²) in [4.78, 5) is 12.0. The second kappa shape index (κ2) is 6.24. The molecule has 1 fully saturated rings. The number of anilines is 1. The molecule has 1 atom stereocenters. The summed E-state index contributed by atoms with van der Waals surface area (Å²) < 4.78 is 5.09. The molecule has 6 heteroatoms. The van der Waals surface area contributed by atoms with Crippen molar-refractivity contribution in [3.8, 4) is 0 Å². The molecule has 1 amide bonds. The number of hydrogen-bond acceptors (Lipinski definition) is 5. The molecule has 0 aliphatic carbocycles. The van der Waals surface area contributed by atoms with Crippen LogP contribution < -0.4 is 10.6 Å². The molecule has 0 bridgehead atoms. The van der Waals surface area contributed by atoms with Crippen molar-refractivity contribution in [1.82, 2.24) is 10.5 Å². The zero-order chi connectivity index (χ0) is 13.0. The lowest BCUT2D eigenvalue weighted by Gasteiger charge is -2.22. The van der Waals surface area contributed by atoms with E-state index in [1.165, 1.54) is 0 Å². The lowest BCUT2D eigenvalue weighted by Crippen LogP contribution is -2.40. The predicted octanol–water partition coefficient (Wildman–Crippen LogP) is 1.58. The molecule has 100 valence electrons. The van der Waals surface area contributed by atoms with Crippen molar-refractivity contribution in [2.24, 2.45) is 0 Å². The zero-order valence-electron chi connectivity index (χ0n) is 10.8. The van der Waals surface area contributed by atoms with Gasteiger partial charge in [-0.05, 0) is 13.3 Å². The highest BCUT2D eigenvalue weighted by Crippen LogP contribution is 2.21. The Balaban J connectivity index is 1.91. The van der Waals surface area contributed by atoms with Gasteiger partial charge in [0.05, 0.1) is 0 Å². The van der Waals surface area contributed by atoms with Gasteiger partial charge in [-0.1, -0.05) is 12.1 Å². The number of carbonyl (C=O) groups is 1. The van der Waals surface area contributed by atoms with Crippen molar-refractivity contribution in [3.05, 3.63) is 11.5 Å². The van der Waals surface area contributed by atoms with Crippen LogP contribution in [0.3, 0.4) is 0 Å². The van der Waals surface area contributed by atoms with Crippen LogP contribution in [0.4, 0.5) is 5.69 Å². The Morgan fingerprint density at radius 1 is 1.67 bits per heavy atom. The number of aromatic nitrogens is 1. The van der Waals surface area contributed by atoms with Crippen LogP contribution in [0.15, 0.2) is 4.52 Å². The highest BCUT2D eigenvalue weighted by atomic mass is 32.2. The van der Waals surface area contributed by atoms with Crippen LogP contribution in [-0.2, 0) is 11.2 Å². The second-order valence-corrected chi connectivity index (χ2v) is 5.54. The van der Waals surface area contributed by atoms with E-state index < -0.39 is 0 Å². The minimum absolute atomic E-state index is 0.0241. The lowest BCUT2D eigenvalue weighted by atomic mass is 10.2. The molecule has 1 saturated heterocycles. The topological polar surface area (TPSA) is 67.2 Å². The molecule has 18 heavy (non-hydrogen) atoms. The molecule has 1 aromatic heterocycles. The summed E-state index contributed by atoms with van der Waals surface area (Å²) in [6, 6.07) is 0.272. The number of carbonyl (C=O) groups excluding carboxylic acids is 1. The first-order valence-electron chi connectivity index (χ1n) is 6.26. The fourth-order valence-corrected chi connectivity index (χ4v) is 2.93. The van der Waals surface area contributed by atoms with Gasteiger partial charge in [-0.2, -0.15) is 11.8 Å². The number of nitrogens with zero attached hydrogens (tertiary/aromatic N) is 1. The molecule has 0 saturated carbocycles. The number of hydrogen-bond donors (Lipinski definition) is 2. The van der Waals surface area contributed by atoms with E-state index in [0.29, 0.717) is 12.2 Å². The van der Waals surface area contributed by atoms with Crippen molar-refractivity contribution < 1.29 is 9.32 Å². The second-order valence-electron chi connectivity index (χ2n) is 4.39. The number of rotatable bonds is 4. The van der Waals surface area contributed by atoms with Crippen molar-refractivity contribution >= 4 is 23.4 Å². The molecule has 5 nitrogen and oxygen atoms in total. The maximum absolute atomic E-state index is 12.0. The molecule has 2 rings (SSSR count). The van der Waals surface area contributed by atoms with Crippen LogP contribution in [0.1, 0.15) is 24.8 Å². The van der Waals surface area contributed by atoms with E-state index in [-0.39, 0.29) is 11.9 Å². The molecule has 0 unspecified atom stereocenters. The van der Waals surface area contributed by atoms with Gasteiger partial charge in [-0.25, -0.2) is 0 Å². The van der Waals surface area contributed by atoms with Crippen molar-refractivity contribution in [1.29, 1.82) is 0 Å². The van der Waals surface area contributed by atoms with Crippen molar-refractivity contribution in [3.63, 3.8) is 0 Å². The fraction of sp³-hybridized carbons (Fsp3) is 0.667. The Hall–Kier alpha value is -1.01. The monoisotopic (exact) mass is 269 g/mol. The Morgan fingerprint density at radius 3 is 3.17 bits per heavy atom. The Kier molecular flexibility index (Phi) is 4.66. The van der Waals surface area contributed by atoms with Gasteiger partial charge >= 0.3 is 0 Å². The molecule has 0 radical (unpaired) electrons. The van der Waals surface area contributed by atoms with E-state index in [0.717, 1.165) is 35.9 Å². The van der Waals surface area contributed by atoms with Crippen LogP contribution >= 0.6 is 11.8 Å². The number of amides is 1. The summed E-state index contributed by atoms with van der Waals surface area (Å²) in [5.41, 5.74) is 1.55. The Morgan fingerprint density at radius 2 is 2.50 bits per heavy atom. The summed E-state index contributed by atoms with van der Waals surface area (Å²) >= 11 is 1.89. The number of thioether (sulfide) groups is 1. The Bertz CT molecular complexity index is 413. The third-order valence-electron chi connectivity index (χ3n) is 2.96. The van der Waals surface area contributed by atoms with Gasteiger partial charge in [0.15, 0.2) is 5.76 Å². The van der Waals surface area contributed by atoms with Crippen molar-refractivity contribution in [2.45, 2.75) is 32.7 Å². The summed E-state index contributed by atoms with van der Waals surface area (Å²) in [6.45, 7) is 4.79. The molecule has 1 aliphatic heterocycles. The molecule has 2 heterocycles. The third-order valence-corrected chi connectivity index (χ3v) is 4.09. The van der Waals surface area contributed by atoms with Gasteiger partial charge in [0.25, 0.3) is 0 Å². The minimum atomic E-state index is 0.0241. The van der Waals surface area contributed by atoms with E-state index in [2.05, 4.69) is 15.8 Å². The number of aryl methyl sites for hydroxylation is 2. The normalized spacial score (nSPS) is 19.8. The van der Waals surface area contributed by atoms with Gasteiger partial charge in [-0.15, -0.1) is 0 Å². The highest BCUT2D eigenvalue weighted by molar-refractivity contribution is 7.99. The Labute approximate surface area is 111 Å². The largest absolute Gasteiger partial charge is 0.359 e. The molecule has 2 N–H and O–H groups in total.